The highest BCUT2D eigenvalue weighted by Crippen LogP contribution is 2.32. The number of nitrogens with two attached hydrogens (primary N) is 1. The van der Waals surface area contributed by atoms with E-state index in [1.807, 2.05) is 33.5 Å². The highest BCUT2D eigenvalue weighted by molar-refractivity contribution is 5.97. The van der Waals surface area contributed by atoms with Crippen LogP contribution >= 0.6 is 0 Å². The van der Waals surface area contributed by atoms with Crippen molar-refractivity contribution < 1.29 is 0 Å². The van der Waals surface area contributed by atoms with Gasteiger partial charge in [0.15, 0.2) is 5.65 Å². The van der Waals surface area contributed by atoms with Gasteiger partial charge in [0.05, 0.1) is 22.8 Å². The zero-order chi connectivity index (χ0) is 15.6. The maximum atomic E-state index is 6.33. The molecule has 0 radical (unpaired) electrons. The van der Waals surface area contributed by atoms with E-state index < -0.39 is 0 Å². The van der Waals surface area contributed by atoms with E-state index in [1.54, 1.807) is 12.5 Å². The lowest BCUT2D eigenvalue weighted by atomic mass is 10.1. The number of benzene rings is 1. The third-order valence-electron chi connectivity index (χ3n) is 4.24. The SMILES string of the molecule is Cc1ccc2[nH]ncc2c1-n1c(N)cc2c1ncn1ccnc21. The summed E-state index contributed by atoms with van der Waals surface area (Å²) >= 11 is 0. The van der Waals surface area contributed by atoms with Gasteiger partial charge in [-0.25, -0.2) is 9.97 Å². The Morgan fingerprint density at radius 1 is 1.13 bits per heavy atom. The molecular formula is C16H13N7. The summed E-state index contributed by atoms with van der Waals surface area (Å²) in [7, 11) is 0. The smallest absolute Gasteiger partial charge is 0.151 e. The van der Waals surface area contributed by atoms with Crippen molar-refractivity contribution in [3.8, 4) is 5.69 Å². The van der Waals surface area contributed by atoms with Crippen molar-refractivity contribution in [3.05, 3.63) is 48.7 Å². The number of nitrogens with one attached hydrogen (secondary N) is 1. The lowest BCUT2D eigenvalue weighted by Gasteiger charge is -2.12. The molecule has 0 aliphatic heterocycles. The van der Waals surface area contributed by atoms with Crippen LogP contribution in [0, 0.1) is 6.92 Å². The summed E-state index contributed by atoms with van der Waals surface area (Å²) in [6, 6.07) is 5.99. The van der Waals surface area contributed by atoms with E-state index in [9.17, 15) is 0 Å². The Bertz CT molecular complexity index is 1190. The Morgan fingerprint density at radius 2 is 2.04 bits per heavy atom. The summed E-state index contributed by atoms with van der Waals surface area (Å²) in [6.45, 7) is 2.06. The molecule has 0 unspecified atom stereocenters. The van der Waals surface area contributed by atoms with Gasteiger partial charge in [0.1, 0.15) is 17.8 Å². The number of anilines is 1. The predicted octanol–water partition coefficient (Wildman–Crippen LogP) is 2.44. The number of rotatable bonds is 1. The fourth-order valence-corrected chi connectivity index (χ4v) is 3.19. The van der Waals surface area contributed by atoms with Gasteiger partial charge in [-0.15, -0.1) is 0 Å². The second-order valence-corrected chi connectivity index (χ2v) is 5.61. The fraction of sp³-hybridized carbons (Fsp3) is 0.0625. The molecule has 23 heavy (non-hydrogen) atoms. The molecule has 7 heteroatoms. The number of nitrogens with zero attached hydrogens (tertiary/aromatic N) is 5. The van der Waals surface area contributed by atoms with Gasteiger partial charge in [0.25, 0.3) is 0 Å². The minimum Gasteiger partial charge on any atom is -0.385 e. The van der Waals surface area contributed by atoms with Crippen LogP contribution in [0.2, 0.25) is 0 Å². The summed E-state index contributed by atoms with van der Waals surface area (Å²) in [5, 5.41) is 9.09. The van der Waals surface area contributed by atoms with Crippen LogP contribution in [-0.4, -0.2) is 29.1 Å². The van der Waals surface area contributed by atoms with Crippen LogP contribution in [0.4, 0.5) is 5.82 Å². The third kappa shape index (κ3) is 1.50. The molecule has 0 aliphatic carbocycles. The molecule has 0 spiro atoms. The minimum atomic E-state index is 0.625. The van der Waals surface area contributed by atoms with E-state index in [2.05, 4.69) is 33.2 Å². The molecule has 0 bridgehead atoms. The van der Waals surface area contributed by atoms with Crippen molar-refractivity contribution in [2.75, 3.05) is 5.73 Å². The molecule has 112 valence electrons. The summed E-state index contributed by atoms with van der Waals surface area (Å²) < 4.78 is 3.86. The average Bonchev–Trinajstić information content (AvgIpc) is 3.24. The number of hydrogen-bond acceptors (Lipinski definition) is 4. The fourth-order valence-electron chi connectivity index (χ4n) is 3.19. The minimum absolute atomic E-state index is 0.625. The summed E-state index contributed by atoms with van der Waals surface area (Å²) in [4.78, 5) is 8.99. The number of aromatic nitrogens is 6. The van der Waals surface area contributed by atoms with Crippen LogP contribution < -0.4 is 5.73 Å². The van der Waals surface area contributed by atoms with Gasteiger partial charge in [-0.05, 0) is 24.6 Å². The lowest BCUT2D eigenvalue weighted by Crippen LogP contribution is -2.03. The molecular weight excluding hydrogens is 290 g/mol. The second-order valence-electron chi connectivity index (χ2n) is 5.61. The van der Waals surface area contributed by atoms with Gasteiger partial charge in [-0.3, -0.25) is 14.1 Å². The molecule has 4 aromatic heterocycles. The maximum Gasteiger partial charge on any atom is 0.151 e. The van der Waals surface area contributed by atoms with Crippen LogP contribution in [0.1, 0.15) is 5.56 Å². The number of nitrogen functional groups attached to an aromatic ring is 1. The van der Waals surface area contributed by atoms with Crippen LogP contribution in [0.3, 0.4) is 0 Å². The van der Waals surface area contributed by atoms with Crippen molar-refractivity contribution in [2.45, 2.75) is 6.92 Å². The normalized spacial score (nSPS) is 11.9. The number of aromatic amines is 1. The first-order chi connectivity index (χ1) is 11.2. The average molecular weight is 303 g/mol. The van der Waals surface area contributed by atoms with Crippen LogP contribution in [-0.2, 0) is 0 Å². The molecule has 0 saturated heterocycles. The highest BCUT2D eigenvalue weighted by atomic mass is 15.2. The number of hydrogen-bond donors (Lipinski definition) is 2. The van der Waals surface area contributed by atoms with Crippen LogP contribution in [0.5, 0.6) is 0 Å². The molecule has 7 nitrogen and oxygen atoms in total. The quantitative estimate of drug-likeness (QED) is 0.497. The monoisotopic (exact) mass is 303 g/mol. The first-order valence-electron chi connectivity index (χ1n) is 7.25. The Hall–Kier alpha value is -3.35. The van der Waals surface area contributed by atoms with E-state index in [1.165, 1.54) is 0 Å². The topological polar surface area (TPSA) is 89.8 Å². The lowest BCUT2D eigenvalue weighted by molar-refractivity contribution is 1.06. The summed E-state index contributed by atoms with van der Waals surface area (Å²) in [5.41, 5.74) is 11.0. The second kappa shape index (κ2) is 4.10. The highest BCUT2D eigenvalue weighted by Gasteiger charge is 2.17. The van der Waals surface area contributed by atoms with Gasteiger partial charge >= 0.3 is 0 Å². The number of imidazole rings is 1. The molecule has 5 rings (SSSR count). The molecule has 0 atom stereocenters. The molecule has 0 fully saturated rings. The Balaban J connectivity index is 1.98. The largest absolute Gasteiger partial charge is 0.385 e. The molecule has 0 saturated carbocycles. The zero-order valence-electron chi connectivity index (χ0n) is 12.4. The molecule has 0 amide bonds. The molecule has 5 aromatic rings. The van der Waals surface area contributed by atoms with E-state index in [0.29, 0.717) is 5.82 Å². The van der Waals surface area contributed by atoms with Crippen molar-refractivity contribution in [2.24, 2.45) is 0 Å². The van der Waals surface area contributed by atoms with Crippen LogP contribution in [0.25, 0.3) is 33.3 Å². The molecule has 3 N–H and O–H groups in total. The first-order valence-corrected chi connectivity index (χ1v) is 7.25. The summed E-state index contributed by atoms with van der Waals surface area (Å²) in [5.74, 6) is 0.625. The van der Waals surface area contributed by atoms with E-state index in [4.69, 9.17) is 5.73 Å². The van der Waals surface area contributed by atoms with Gasteiger partial charge in [0.2, 0.25) is 0 Å². The van der Waals surface area contributed by atoms with Crippen molar-refractivity contribution >= 4 is 33.4 Å². The Morgan fingerprint density at radius 3 is 2.96 bits per heavy atom. The maximum absolute atomic E-state index is 6.33. The number of H-pyrrole nitrogens is 1. The zero-order valence-corrected chi connectivity index (χ0v) is 12.4. The number of fused-ring (bicyclic) bond motifs is 4. The predicted molar refractivity (Wildman–Crippen MR) is 88.6 cm³/mol. The van der Waals surface area contributed by atoms with Crippen molar-refractivity contribution in [1.82, 2.24) is 29.1 Å². The summed E-state index contributed by atoms with van der Waals surface area (Å²) in [6.07, 6.45) is 7.20. The molecule has 1 aromatic carbocycles. The number of aryl methyl sites for hydroxylation is 1. The van der Waals surface area contributed by atoms with E-state index in [-0.39, 0.29) is 0 Å². The van der Waals surface area contributed by atoms with E-state index >= 15 is 0 Å². The Labute approximate surface area is 130 Å². The standard InChI is InChI=1S/C16H13N7/c1-9-2-3-12-11(7-20-21-12)14(9)23-13(17)6-10-15-18-4-5-22(15)8-19-16(10)23/h2-8H,17H2,1H3,(H,20,21). The first kappa shape index (κ1) is 12.2. The Kier molecular flexibility index (Phi) is 2.18. The molecule has 0 aliphatic rings. The van der Waals surface area contributed by atoms with Gasteiger partial charge < -0.3 is 5.73 Å². The van der Waals surface area contributed by atoms with Crippen LogP contribution in [0.15, 0.2) is 43.1 Å². The third-order valence-corrected chi connectivity index (χ3v) is 4.24. The molecule has 4 heterocycles. The van der Waals surface area contributed by atoms with Gasteiger partial charge in [-0.1, -0.05) is 6.07 Å². The van der Waals surface area contributed by atoms with Gasteiger partial charge in [-0.2, -0.15) is 5.10 Å². The van der Waals surface area contributed by atoms with Crippen molar-refractivity contribution in [1.29, 1.82) is 0 Å². The van der Waals surface area contributed by atoms with Crippen molar-refractivity contribution in [3.63, 3.8) is 0 Å². The van der Waals surface area contributed by atoms with Gasteiger partial charge in [0, 0.05) is 17.8 Å². The van der Waals surface area contributed by atoms with E-state index in [0.717, 1.165) is 38.8 Å².